The maximum absolute atomic E-state index is 12.9. The molecule has 138 valence electrons. The molecule has 2 aromatic rings. The van der Waals surface area contributed by atoms with Gasteiger partial charge in [0.1, 0.15) is 5.75 Å². The van der Waals surface area contributed by atoms with Crippen LogP contribution in [0.5, 0.6) is 5.75 Å². The quantitative estimate of drug-likeness (QED) is 0.806. The van der Waals surface area contributed by atoms with Crippen molar-refractivity contribution in [2.45, 2.75) is 24.8 Å². The average molecular weight is 374 g/mol. The van der Waals surface area contributed by atoms with Gasteiger partial charge in [0.25, 0.3) is 0 Å². The Morgan fingerprint density at radius 1 is 1.23 bits per heavy atom. The minimum atomic E-state index is -3.63. The summed E-state index contributed by atoms with van der Waals surface area (Å²) < 4.78 is 32.3. The molecule has 0 aromatic heterocycles. The summed E-state index contributed by atoms with van der Waals surface area (Å²) >= 11 is 0. The molecule has 0 N–H and O–H groups in total. The minimum Gasteiger partial charge on any atom is -0.497 e. The fourth-order valence-electron chi connectivity index (χ4n) is 3.16. The summed E-state index contributed by atoms with van der Waals surface area (Å²) in [6, 6.07) is 12.3. The van der Waals surface area contributed by atoms with Crippen LogP contribution in [0.25, 0.3) is 0 Å². The molecule has 3 rings (SSSR count). The lowest BCUT2D eigenvalue weighted by molar-refractivity contribution is -0.116. The van der Waals surface area contributed by atoms with E-state index in [9.17, 15) is 13.2 Å². The summed E-state index contributed by atoms with van der Waals surface area (Å²) in [5, 5.41) is 0. The molecule has 0 atom stereocenters. The SMILES string of the molecule is COc1cccc(CN(C)S(=O)(=O)c2ccc3c(c2)CCN3C(C)=O)c1. The molecule has 0 saturated carbocycles. The first-order chi connectivity index (χ1) is 12.3. The predicted octanol–water partition coefficient (Wildman–Crippen LogP) is 2.42. The minimum absolute atomic E-state index is 0.0329. The van der Waals surface area contributed by atoms with E-state index in [1.807, 2.05) is 24.3 Å². The first-order valence-corrected chi connectivity index (χ1v) is 9.77. The van der Waals surface area contributed by atoms with Crippen molar-refractivity contribution in [2.75, 3.05) is 25.6 Å². The van der Waals surface area contributed by atoms with E-state index in [0.717, 1.165) is 16.8 Å². The van der Waals surface area contributed by atoms with Crippen LogP contribution in [0.1, 0.15) is 18.1 Å². The van der Waals surface area contributed by atoms with E-state index in [1.54, 1.807) is 37.3 Å². The number of carbonyl (C=O) groups excluding carboxylic acids is 1. The second kappa shape index (κ2) is 7.09. The van der Waals surface area contributed by atoms with Gasteiger partial charge in [-0.05, 0) is 47.9 Å². The van der Waals surface area contributed by atoms with E-state index < -0.39 is 10.0 Å². The molecule has 0 radical (unpaired) electrons. The summed E-state index contributed by atoms with van der Waals surface area (Å²) in [5.74, 6) is 0.657. The first-order valence-electron chi connectivity index (χ1n) is 8.33. The van der Waals surface area contributed by atoms with E-state index in [-0.39, 0.29) is 17.3 Å². The second-order valence-corrected chi connectivity index (χ2v) is 8.37. The molecular formula is C19H22N2O4S. The monoisotopic (exact) mass is 374 g/mol. The Morgan fingerprint density at radius 2 is 2.00 bits per heavy atom. The number of nitrogens with zero attached hydrogens (tertiary/aromatic N) is 2. The lowest BCUT2D eigenvalue weighted by atomic mass is 10.2. The molecule has 0 spiro atoms. The van der Waals surface area contributed by atoms with Gasteiger partial charge in [0.15, 0.2) is 0 Å². The molecule has 0 saturated heterocycles. The summed E-state index contributed by atoms with van der Waals surface area (Å²) in [5.41, 5.74) is 2.53. The second-order valence-electron chi connectivity index (χ2n) is 6.32. The number of ether oxygens (including phenoxy) is 1. The Bertz CT molecular complexity index is 940. The maximum Gasteiger partial charge on any atom is 0.243 e. The number of rotatable bonds is 5. The third-order valence-electron chi connectivity index (χ3n) is 4.57. The molecule has 26 heavy (non-hydrogen) atoms. The Morgan fingerprint density at radius 3 is 2.69 bits per heavy atom. The van der Waals surface area contributed by atoms with Crippen molar-refractivity contribution in [3.8, 4) is 5.75 Å². The highest BCUT2D eigenvalue weighted by atomic mass is 32.2. The van der Waals surface area contributed by atoms with Gasteiger partial charge in [-0.2, -0.15) is 4.31 Å². The molecule has 2 aromatic carbocycles. The van der Waals surface area contributed by atoms with Crippen molar-refractivity contribution in [1.82, 2.24) is 4.31 Å². The fourth-order valence-corrected chi connectivity index (χ4v) is 4.37. The topological polar surface area (TPSA) is 66.9 Å². The lowest BCUT2D eigenvalue weighted by Crippen LogP contribution is -2.27. The Balaban J connectivity index is 1.85. The number of fused-ring (bicyclic) bond motifs is 1. The molecule has 1 amide bonds. The fraction of sp³-hybridized carbons (Fsp3) is 0.316. The van der Waals surface area contributed by atoms with Crippen LogP contribution in [0.15, 0.2) is 47.4 Å². The van der Waals surface area contributed by atoms with Gasteiger partial charge in [0.05, 0.1) is 12.0 Å². The summed E-state index contributed by atoms with van der Waals surface area (Å²) in [7, 11) is -0.490. The molecule has 7 heteroatoms. The summed E-state index contributed by atoms with van der Waals surface area (Å²) in [6.45, 7) is 2.35. The molecule has 0 bridgehead atoms. The molecule has 1 aliphatic rings. The molecule has 1 aliphatic heterocycles. The van der Waals surface area contributed by atoms with Crippen LogP contribution in [0, 0.1) is 0 Å². The van der Waals surface area contributed by atoms with E-state index in [0.29, 0.717) is 18.7 Å². The van der Waals surface area contributed by atoms with E-state index in [2.05, 4.69) is 0 Å². The summed E-state index contributed by atoms with van der Waals surface area (Å²) in [4.78, 5) is 13.6. The van der Waals surface area contributed by atoms with Crippen molar-refractivity contribution in [2.24, 2.45) is 0 Å². The van der Waals surface area contributed by atoms with Crippen LogP contribution >= 0.6 is 0 Å². The van der Waals surface area contributed by atoms with Crippen LogP contribution in [-0.4, -0.2) is 39.3 Å². The standard InChI is InChI=1S/C19H22N2O4S/c1-14(22)21-10-9-16-12-18(7-8-19(16)21)26(23,24)20(2)13-15-5-4-6-17(11-15)25-3/h4-8,11-12H,9-10,13H2,1-3H3. The molecule has 6 nitrogen and oxygen atoms in total. The van der Waals surface area contributed by atoms with Gasteiger partial charge in [-0.25, -0.2) is 8.42 Å². The molecule has 0 aliphatic carbocycles. The van der Waals surface area contributed by atoms with E-state index >= 15 is 0 Å². The number of benzene rings is 2. The number of hydrogen-bond acceptors (Lipinski definition) is 4. The van der Waals surface area contributed by atoms with Crippen LogP contribution < -0.4 is 9.64 Å². The van der Waals surface area contributed by atoms with Gasteiger partial charge in [-0.3, -0.25) is 4.79 Å². The largest absolute Gasteiger partial charge is 0.497 e. The third-order valence-corrected chi connectivity index (χ3v) is 6.37. The number of hydrogen-bond donors (Lipinski definition) is 0. The van der Waals surface area contributed by atoms with Gasteiger partial charge >= 0.3 is 0 Å². The molecule has 0 unspecified atom stereocenters. The zero-order valence-electron chi connectivity index (χ0n) is 15.1. The number of amides is 1. The normalized spacial score (nSPS) is 13.8. The molecular weight excluding hydrogens is 352 g/mol. The number of sulfonamides is 1. The predicted molar refractivity (Wildman–Crippen MR) is 99.8 cm³/mol. The lowest BCUT2D eigenvalue weighted by Gasteiger charge is -2.19. The van der Waals surface area contributed by atoms with E-state index in [1.165, 1.54) is 11.2 Å². The number of carbonyl (C=O) groups is 1. The maximum atomic E-state index is 12.9. The zero-order chi connectivity index (χ0) is 18.9. The number of anilines is 1. The Hall–Kier alpha value is -2.38. The molecule has 1 heterocycles. The highest BCUT2D eigenvalue weighted by molar-refractivity contribution is 7.89. The average Bonchev–Trinajstić information content (AvgIpc) is 3.05. The Kier molecular flexibility index (Phi) is 5.02. The van der Waals surface area contributed by atoms with Gasteiger partial charge in [0.2, 0.25) is 15.9 Å². The van der Waals surface area contributed by atoms with Gasteiger partial charge < -0.3 is 9.64 Å². The molecule has 0 fully saturated rings. The van der Waals surface area contributed by atoms with Crippen LogP contribution in [0.4, 0.5) is 5.69 Å². The van der Waals surface area contributed by atoms with Crippen LogP contribution in [0.3, 0.4) is 0 Å². The van der Waals surface area contributed by atoms with Gasteiger partial charge in [-0.1, -0.05) is 12.1 Å². The van der Waals surface area contributed by atoms with Crippen LogP contribution in [0.2, 0.25) is 0 Å². The Labute approximate surface area is 154 Å². The number of methoxy groups -OCH3 is 1. The highest BCUT2D eigenvalue weighted by Gasteiger charge is 2.26. The van der Waals surface area contributed by atoms with Crippen molar-refractivity contribution in [1.29, 1.82) is 0 Å². The van der Waals surface area contributed by atoms with E-state index in [4.69, 9.17) is 4.74 Å². The van der Waals surface area contributed by atoms with Crippen molar-refractivity contribution >= 4 is 21.6 Å². The van der Waals surface area contributed by atoms with Crippen molar-refractivity contribution in [3.63, 3.8) is 0 Å². The van der Waals surface area contributed by atoms with Crippen molar-refractivity contribution in [3.05, 3.63) is 53.6 Å². The summed E-state index contributed by atoms with van der Waals surface area (Å²) in [6.07, 6.45) is 0.665. The smallest absolute Gasteiger partial charge is 0.243 e. The van der Waals surface area contributed by atoms with Crippen molar-refractivity contribution < 1.29 is 17.9 Å². The zero-order valence-corrected chi connectivity index (χ0v) is 15.9. The third kappa shape index (κ3) is 3.45. The van der Waals surface area contributed by atoms with Crippen LogP contribution in [-0.2, 0) is 27.8 Å². The highest BCUT2D eigenvalue weighted by Crippen LogP contribution is 2.31. The van der Waals surface area contributed by atoms with Gasteiger partial charge in [-0.15, -0.1) is 0 Å². The first kappa shape index (κ1) is 18.4. The van der Waals surface area contributed by atoms with Gasteiger partial charge in [0, 0.05) is 32.7 Å².